The predicted molar refractivity (Wildman–Crippen MR) is 187 cm³/mol. The fraction of sp³-hybridized carbons (Fsp3) is 0.122. The lowest BCUT2D eigenvalue weighted by Crippen LogP contribution is -2.34. The molecule has 4 nitrogen and oxygen atoms in total. The van der Waals surface area contributed by atoms with E-state index in [1.54, 1.807) is 0 Å². The highest BCUT2D eigenvalue weighted by molar-refractivity contribution is 6.10. The summed E-state index contributed by atoms with van der Waals surface area (Å²) in [5.74, 6) is 0. The van der Waals surface area contributed by atoms with Crippen LogP contribution >= 0.6 is 0 Å². The molecule has 1 unspecified atom stereocenters. The first kappa shape index (κ1) is 27.1. The Bertz CT molecular complexity index is 2080. The van der Waals surface area contributed by atoms with Crippen LogP contribution in [0.1, 0.15) is 37.3 Å². The van der Waals surface area contributed by atoms with Crippen LogP contribution in [0.2, 0.25) is 0 Å². The van der Waals surface area contributed by atoms with E-state index in [0.717, 1.165) is 75.2 Å². The Morgan fingerprint density at radius 1 is 0.689 bits per heavy atom. The van der Waals surface area contributed by atoms with Gasteiger partial charge in [0.1, 0.15) is 11.2 Å². The van der Waals surface area contributed by atoms with Crippen molar-refractivity contribution in [3.05, 3.63) is 168 Å². The monoisotopic (exact) mass is 585 g/mol. The molecule has 2 aliphatic rings. The molecule has 0 saturated carbocycles. The largest absolute Gasteiger partial charge is 0.455 e. The van der Waals surface area contributed by atoms with Crippen LogP contribution in [0.5, 0.6) is 0 Å². The van der Waals surface area contributed by atoms with Gasteiger partial charge < -0.3 is 20.4 Å². The molecular weight excluding hydrogens is 550 g/mol. The maximum absolute atomic E-state index is 7.06. The maximum Gasteiger partial charge on any atom is 0.145 e. The SMILES string of the molecule is CC1(C2=CC=C(N(c3ccccc3)c3ccccc3)CC2)CC(N)=C(Nc2ccccc2)c2c1ccc1c2oc2ccccc21. The molecule has 3 N–H and O–H groups in total. The topological polar surface area (TPSA) is 54.4 Å². The van der Waals surface area contributed by atoms with Gasteiger partial charge in [-0.15, -0.1) is 0 Å². The summed E-state index contributed by atoms with van der Waals surface area (Å²) in [5, 5.41) is 5.90. The minimum atomic E-state index is -0.291. The number of benzene rings is 5. The highest BCUT2D eigenvalue weighted by atomic mass is 16.3. The lowest BCUT2D eigenvalue weighted by molar-refractivity contribution is 0.513. The van der Waals surface area contributed by atoms with E-state index in [2.05, 4.69) is 126 Å². The maximum atomic E-state index is 7.06. The van der Waals surface area contributed by atoms with Gasteiger partial charge in [-0.2, -0.15) is 0 Å². The van der Waals surface area contributed by atoms with E-state index in [4.69, 9.17) is 10.2 Å². The van der Waals surface area contributed by atoms with E-state index in [1.165, 1.54) is 16.8 Å². The summed E-state index contributed by atoms with van der Waals surface area (Å²) in [4.78, 5) is 2.37. The summed E-state index contributed by atoms with van der Waals surface area (Å²) in [6.07, 6.45) is 7.22. The predicted octanol–water partition coefficient (Wildman–Crippen LogP) is 10.4. The first-order valence-electron chi connectivity index (χ1n) is 15.7. The standard InChI is InChI=1S/C41H35N3O/c1-41(28-21-23-32(24-22-28)44(30-15-7-3-8-16-30)31-17-9-4-10-18-31)27-36(42)39(43-29-13-5-2-6-14-29)38-35(41)26-25-34-33-19-11-12-20-37(33)45-40(34)38/h2-21,23,25-26,43H,22,24,27,42H2,1H3. The Hall–Kier alpha value is -5.48. The molecule has 5 aromatic carbocycles. The summed E-state index contributed by atoms with van der Waals surface area (Å²) >= 11 is 0. The molecule has 8 rings (SSSR count). The second-order valence-corrected chi connectivity index (χ2v) is 12.2. The van der Waals surface area contributed by atoms with Crippen LogP contribution in [-0.4, -0.2) is 0 Å². The lowest BCUT2D eigenvalue weighted by atomic mass is 9.65. The van der Waals surface area contributed by atoms with Crippen molar-refractivity contribution >= 4 is 44.7 Å². The molecule has 1 atom stereocenters. The van der Waals surface area contributed by atoms with Crippen LogP contribution in [0, 0.1) is 0 Å². The summed E-state index contributed by atoms with van der Waals surface area (Å²) in [5.41, 5.74) is 18.6. The first-order chi connectivity index (χ1) is 22.1. The lowest BCUT2D eigenvalue weighted by Gasteiger charge is -2.41. The van der Waals surface area contributed by atoms with Crippen molar-refractivity contribution in [2.45, 2.75) is 31.6 Å². The molecule has 0 aliphatic heterocycles. The van der Waals surface area contributed by atoms with Gasteiger partial charge in [-0.05, 0) is 66.9 Å². The van der Waals surface area contributed by atoms with Crippen molar-refractivity contribution in [3.8, 4) is 0 Å². The van der Waals surface area contributed by atoms with E-state index < -0.39 is 0 Å². The molecule has 0 spiro atoms. The fourth-order valence-electron chi connectivity index (χ4n) is 7.22. The van der Waals surface area contributed by atoms with Crippen LogP contribution in [0.3, 0.4) is 0 Å². The zero-order valence-corrected chi connectivity index (χ0v) is 25.3. The van der Waals surface area contributed by atoms with Crippen molar-refractivity contribution in [2.75, 3.05) is 10.2 Å². The van der Waals surface area contributed by atoms with E-state index in [-0.39, 0.29) is 5.41 Å². The smallest absolute Gasteiger partial charge is 0.145 e. The van der Waals surface area contributed by atoms with Crippen molar-refractivity contribution in [3.63, 3.8) is 0 Å². The van der Waals surface area contributed by atoms with E-state index in [9.17, 15) is 0 Å². The highest BCUT2D eigenvalue weighted by Crippen LogP contribution is 2.51. The summed E-state index contributed by atoms with van der Waals surface area (Å²) < 4.78 is 6.63. The molecule has 0 amide bonds. The van der Waals surface area contributed by atoms with Crippen molar-refractivity contribution in [1.29, 1.82) is 0 Å². The molecule has 0 radical (unpaired) electrons. The van der Waals surface area contributed by atoms with Gasteiger partial charge in [-0.1, -0.05) is 104 Å². The van der Waals surface area contributed by atoms with Crippen molar-refractivity contribution in [2.24, 2.45) is 5.73 Å². The van der Waals surface area contributed by atoms with E-state index in [0.29, 0.717) is 0 Å². The number of nitrogens with one attached hydrogen (secondary N) is 1. The van der Waals surface area contributed by atoms with Gasteiger partial charge in [0.05, 0.1) is 5.70 Å². The van der Waals surface area contributed by atoms with Crippen LogP contribution in [0.4, 0.5) is 17.1 Å². The summed E-state index contributed by atoms with van der Waals surface area (Å²) in [6, 6.07) is 44.3. The van der Waals surface area contributed by atoms with Crippen molar-refractivity contribution < 1.29 is 4.42 Å². The molecule has 0 fully saturated rings. The normalized spacial score (nSPS) is 18.0. The summed E-state index contributed by atoms with van der Waals surface area (Å²) in [7, 11) is 0. The van der Waals surface area contributed by atoms with Gasteiger partial charge in [0.25, 0.3) is 0 Å². The van der Waals surface area contributed by atoms with E-state index >= 15 is 0 Å². The minimum Gasteiger partial charge on any atom is -0.455 e. The Kier molecular flexibility index (Phi) is 6.57. The number of allylic oxidation sites excluding steroid dienone is 5. The number of furan rings is 1. The minimum absolute atomic E-state index is 0.291. The third-order valence-corrected chi connectivity index (χ3v) is 9.45. The van der Waals surface area contributed by atoms with Gasteiger partial charge in [0, 0.05) is 56.6 Å². The van der Waals surface area contributed by atoms with Crippen LogP contribution in [-0.2, 0) is 5.41 Å². The van der Waals surface area contributed by atoms with Crippen molar-refractivity contribution in [1.82, 2.24) is 0 Å². The molecule has 6 aromatic rings. The molecule has 45 heavy (non-hydrogen) atoms. The number of fused-ring (bicyclic) bond motifs is 5. The molecule has 0 saturated heterocycles. The summed E-state index contributed by atoms with van der Waals surface area (Å²) in [6.45, 7) is 2.35. The highest BCUT2D eigenvalue weighted by Gasteiger charge is 2.41. The van der Waals surface area contributed by atoms with Gasteiger partial charge in [-0.25, -0.2) is 0 Å². The molecule has 1 heterocycles. The molecule has 2 aliphatic carbocycles. The average Bonchev–Trinajstić information content (AvgIpc) is 3.47. The number of para-hydroxylation sites is 4. The second kappa shape index (κ2) is 10.9. The molecule has 4 heteroatoms. The Labute approximate surface area is 263 Å². The van der Waals surface area contributed by atoms with Gasteiger partial charge in [0.2, 0.25) is 0 Å². The van der Waals surface area contributed by atoms with Crippen LogP contribution < -0.4 is 16.0 Å². The Balaban J connectivity index is 1.27. The number of hydrogen-bond donors (Lipinski definition) is 2. The fourth-order valence-corrected chi connectivity index (χ4v) is 7.22. The molecule has 0 bridgehead atoms. The number of anilines is 3. The van der Waals surface area contributed by atoms with Crippen LogP contribution in [0.25, 0.3) is 27.6 Å². The second-order valence-electron chi connectivity index (χ2n) is 12.2. The van der Waals surface area contributed by atoms with E-state index in [1.807, 2.05) is 30.3 Å². The molecule has 1 aromatic heterocycles. The van der Waals surface area contributed by atoms with Gasteiger partial charge >= 0.3 is 0 Å². The first-order valence-corrected chi connectivity index (χ1v) is 15.7. The van der Waals surface area contributed by atoms with Crippen LogP contribution in [0.15, 0.2) is 161 Å². The Morgan fingerprint density at radius 3 is 2.00 bits per heavy atom. The average molecular weight is 586 g/mol. The third kappa shape index (κ3) is 4.61. The zero-order valence-electron chi connectivity index (χ0n) is 25.3. The number of rotatable bonds is 6. The number of nitrogens with two attached hydrogens (primary N) is 1. The zero-order chi connectivity index (χ0) is 30.4. The molecular formula is C41H35N3O. The number of nitrogens with zero attached hydrogens (tertiary/aromatic N) is 1. The Morgan fingerprint density at radius 2 is 1.33 bits per heavy atom. The number of hydrogen-bond acceptors (Lipinski definition) is 4. The quantitative estimate of drug-likeness (QED) is 0.204. The van der Waals surface area contributed by atoms with Gasteiger partial charge in [0.15, 0.2) is 0 Å². The van der Waals surface area contributed by atoms with Gasteiger partial charge in [-0.3, -0.25) is 0 Å². The molecule has 220 valence electrons. The third-order valence-electron chi connectivity index (χ3n) is 9.45.